The highest BCUT2D eigenvalue weighted by atomic mass is 32.2. The molecule has 218 valence electrons. The van der Waals surface area contributed by atoms with Crippen LogP contribution < -0.4 is 14.4 Å². The molecular formula is C32H39N3O5S. The first-order valence-corrected chi connectivity index (χ1v) is 15.5. The van der Waals surface area contributed by atoms with Crippen molar-refractivity contribution < 1.29 is 22.7 Å². The van der Waals surface area contributed by atoms with Gasteiger partial charge in [-0.15, -0.1) is 0 Å². The summed E-state index contributed by atoms with van der Waals surface area (Å²) >= 11 is 0. The second-order valence-corrected chi connectivity index (χ2v) is 12.4. The van der Waals surface area contributed by atoms with E-state index < -0.39 is 28.5 Å². The number of hydrogen-bond donors (Lipinski definition) is 1. The number of rotatable bonds is 11. The first-order chi connectivity index (χ1) is 19.7. The van der Waals surface area contributed by atoms with Gasteiger partial charge >= 0.3 is 0 Å². The van der Waals surface area contributed by atoms with Crippen LogP contribution in [-0.2, 0) is 26.2 Å². The molecule has 9 heteroatoms. The number of carbonyl (C=O) groups is 2. The second-order valence-electron chi connectivity index (χ2n) is 10.6. The van der Waals surface area contributed by atoms with Gasteiger partial charge in [0.1, 0.15) is 18.3 Å². The predicted molar refractivity (Wildman–Crippen MR) is 160 cm³/mol. The molecule has 3 aromatic carbocycles. The normalized spacial score (nSPS) is 14.6. The summed E-state index contributed by atoms with van der Waals surface area (Å²) in [5.74, 6) is -0.110. The van der Waals surface area contributed by atoms with Crippen molar-refractivity contribution in [2.75, 3.05) is 18.0 Å². The Kier molecular flexibility index (Phi) is 10.0. The fraction of sp³-hybridized carbons (Fsp3) is 0.375. The molecule has 1 unspecified atom stereocenters. The van der Waals surface area contributed by atoms with Gasteiger partial charge in [0.2, 0.25) is 11.8 Å². The lowest BCUT2D eigenvalue weighted by molar-refractivity contribution is -0.139. The van der Waals surface area contributed by atoms with Gasteiger partial charge in [0, 0.05) is 12.6 Å². The summed E-state index contributed by atoms with van der Waals surface area (Å²) in [4.78, 5) is 29.0. The third kappa shape index (κ3) is 7.67. The molecule has 1 atom stereocenters. The molecule has 8 nitrogen and oxygen atoms in total. The number of para-hydroxylation sites is 1. The van der Waals surface area contributed by atoms with Gasteiger partial charge in [0.05, 0.1) is 17.7 Å². The standard InChI is InChI=1S/C32H39N3O5S/c1-24-17-19-30(20-18-24)41(38,39)35(28-14-8-5-9-15-28)23-31(36)34(22-26-11-10-16-29(21-26)40-3)25(2)32(37)33-27-12-6-4-7-13-27/h5,8-11,14-21,25,27H,4,6-7,12-13,22-23H2,1-3H3,(H,33,37). The molecule has 0 radical (unpaired) electrons. The Morgan fingerprint density at radius 1 is 0.951 bits per heavy atom. The van der Waals surface area contributed by atoms with Gasteiger partial charge in [-0.25, -0.2) is 8.42 Å². The van der Waals surface area contributed by atoms with Gasteiger partial charge in [-0.2, -0.15) is 0 Å². The molecule has 0 spiro atoms. The molecule has 1 aliphatic carbocycles. The first-order valence-electron chi connectivity index (χ1n) is 14.1. The summed E-state index contributed by atoms with van der Waals surface area (Å²) in [7, 11) is -2.52. The molecule has 0 aliphatic heterocycles. The third-order valence-electron chi connectivity index (χ3n) is 7.54. The number of methoxy groups -OCH3 is 1. The minimum absolute atomic E-state index is 0.0789. The summed E-state index contributed by atoms with van der Waals surface area (Å²) in [5, 5.41) is 3.12. The molecule has 41 heavy (non-hydrogen) atoms. The molecule has 1 N–H and O–H groups in total. The number of carbonyl (C=O) groups excluding carboxylic acids is 2. The molecule has 1 saturated carbocycles. The molecule has 4 rings (SSSR count). The van der Waals surface area contributed by atoms with Crippen LogP contribution in [0, 0.1) is 6.92 Å². The van der Waals surface area contributed by atoms with E-state index in [1.165, 1.54) is 4.90 Å². The lowest BCUT2D eigenvalue weighted by Gasteiger charge is -2.33. The zero-order chi connectivity index (χ0) is 29.4. The molecule has 0 saturated heterocycles. The van der Waals surface area contributed by atoms with E-state index in [0.29, 0.717) is 11.4 Å². The zero-order valence-corrected chi connectivity index (χ0v) is 24.8. The highest BCUT2D eigenvalue weighted by Gasteiger charge is 2.33. The van der Waals surface area contributed by atoms with Crippen LogP contribution in [-0.4, -0.2) is 50.9 Å². The Balaban J connectivity index is 1.66. The van der Waals surface area contributed by atoms with Crippen LogP contribution >= 0.6 is 0 Å². The highest BCUT2D eigenvalue weighted by molar-refractivity contribution is 7.92. The second kappa shape index (κ2) is 13.7. The Morgan fingerprint density at radius 2 is 1.63 bits per heavy atom. The van der Waals surface area contributed by atoms with Crippen molar-refractivity contribution in [1.82, 2.24) is 10.2 Å². The average molecular weight is 578 g/mol. The highest BCUT2D eigenvalue weighted by Crippen LogP contribution is 2.25. The lowest BCUT2D eigenvalue weighted by Crippen LogP contribution is -2.53. The lowest BCUT2D eigenvalue weighted by atomic mass is 9.95. The summed E-state index contributed by atoms with van der Waals surface area (Å²) in [5.41, 5.74) is 2.05. The fourth-order valence-electron chi connectivity index (χ4n) is 5.08. The van der Waals surface area contributed by atoms with Crippen LogP contribution in [0.4, 0.5) is 5.69 Å². The number of hydrogen-bond acceptors (Lipinski definition) is 5. The molecule has 1 fully saturated rings. The topological polar surface area (TPSA) is 96.0 Å². The van der Waals surface area contributed by atoms with Crippen molar-refractivity contribution >= 4 is 27.5 Å². The Hall–Kier alpha value is -3.85. The van der Waals surface area contributed by atoms with E-state index in [4.69, 9.17) is 4.74 Å². The molecule has 0 heterocycles. The number of benzene rings is 3. The number of nitrogens with zero attached hydrogens (tertiary/aromatic N) is 2. The number of anilines is 1. The van der Waals surface area contributed by atoms with Crippen molar-refractivity contribution in [1.29, 1.82) is 0 Å². The molecule has 2 amide bonds. The van der Waals surface area contributed by atoms with Crippen molar-refractivity contribution in [3.05, 3.63) is 90.0 Å². The maximum atomic E-state index is 14.1. The number of ether oxygens (including phenoxy) is 1. The minimum Gasteiger partial charge on any atom is -0.497 e. The van der Waals surface area contributed by atoms with Crippen molar-refractivity contribution in [3.63, 3.8) is 0 Å². The summed E-state index contributed by atoms with van der Waals surface area (Å²) in [6.45, 7) is 3.22. The van der Waals surface area contributed by atoms with E-state index in [1.807, 2.05) is 25.1 Å². The van der Waals surface area contributed by atoms with Gasteiger partial charge in [-0.1, -0.05) is 67.3 Å². The number of nitrogens with one attached hydrogen (secondary N) is 1. The summed E-state index contributed by atoms with van der Waals surface area (Å²) in [6.07, 6.45) is 5.12. The zero-order valence-electron chi connectivity index (χ0n) is 24.0. The van der Waals surface area contributed by atoms with Crippen LogP contribution in [0.2, 0.25) is 0 Å². The first kappa shape index (κ1) is 30.1. The third-order valence-corrected chi connectivity index (χ3v) is 9.33. The van der Waals surface area contributed by atoms with Crippen LogP contribution in [0.15, 0.2) is 83.8 Å². The number of sulfonamides is 1. The van der Waals surface area contributed by atoms with E-state index in [-0.39, 0.29) is 23.4 Å². The number of amides is 2. The predicted octanol–water partition coefficient (Wildman–Crippen LogP) is 5.07. The van der Waals surface area contributed by atoms with Crippen LogP contribution in [0.3, 0.4) is 0 Å². The van der Waals surface area contributed by atoms with Gasteiger partial charge in [-0.3, -0.25) is 13.9 Å². The van der Waals surface area contributed by atoms with Crippen LogP contribution in [0.25, 0.3) is 0 Å². The Morgan fingerprint density at radius 3 is 2.29 bits per heavy atom. The Bertz CT molecular complexity index is 1420. The van der Waals surface area contributed by atoms with Gasteiger partial charge in [-0.05, 0) is 68.7 Å². The largest absolute Gasteiger partial charge is 0.497 e. The van der Waals surface area contributed by atoms with E-state index >= 15 is 0 Å². The molecule has 0 aromatic heterocycles. The smallest absolute Gasteiger partial charge is 0.264 e. The maximum Gasteiger partial charge on any atom is 0.264 e. The van der Waals surface area contributed by atoms with E-state index in [9.17, 15) is 18.0 Å². The quantitative estimate of drug-likeness (QED) is 0.344. The van der Waals surface area contributed by atoms with Gasteiger partial charge < -0.3 is 15.0 Å². The summed E-state index contributed by atoms with van der Waals surface area (Å²) in [6, 6.07) is 21.6. The fourth-order valence-corrected chi connectivity index (χ4v) is 6.49. The van der Waals surface area contributed by atoms with Gasteiger partial charge in [0.15, 0.2) is 0 Å². The molecular weight excluding hydrogens is 538 g/mol. The van der Waals surface area contributed by atoms with E-state index in [1.54, 1.807) is 74.7 Å². The van der Waals surface area contributed by atoms with Crippen LogP contribution in [0.5, 0.6) is 5.75 Å². The van der Waals surface area contributed by atoms with Crippen LogP contribution in [0.1, 0.15) is 50.2 Å². The molecule has 0 bridgehead atoms. The minimum atomic E-state index is -4.09. The summed E-state index contributed by atoms with van der Waals surface area (Å²) < 4.78 is 34.2. The molecule has 3 aromatic rings. The van der Waals surface area contributed by atoms with E-state index in [2.05, 4.69) is 5.32 Å². The van der Waals surface area contributed by atoms with Crippen molar-refractivity contribution in [2.45, 2.75) is 69.5 Å². The van der Waals surface area contributed by atoms with Crippen molar-refractivity contribution in [2.24, 2.45) is 0 Å². The van der Waals surface area contributed by atoms with Crippen molar-refractivity contribution in [3.8, 4) is 5.75 Å². The Labute approximate surface area is 243 Å². The average Bonchev–Trinajstić information content (AvgIpc) is 2.99. The van der Waals surface area contributed by atoms with Gasteiger partial charge in [0.25, 0.3) is 10.0 Å². The SMILES string of the molecule is COc1cccc(CN(C(=O)CN(c2ccccc2)S(=O)(=O)c2ccc(C)cc2)C(C)C(=O)NC2CCCCC2)c1. The van der Waals surface area contributed by atoms with E-state index in [0.717, 1.165) is 47.5 Å². The monoisotopic (exact) mass is 577 g/mol. The molecule has 1 aliphatic rings. The number of aryl methyl sites for hydroxylation is 1. The maximum absolute atomic E-state index is 14.1.